The Kier molecular flexibility index (Phi) is 9.48. The molecule has 4 nitrogen and oxygen atoms in total. The number of benzene rings is 2. The van der Waals surface area contributed by atoms with Gasteiger partial charge in [0.05, 0.1) is 25.6 Å². The molecule has 0 bridgehead atoms. The van der Waals surface area contributed by atoms with Gasteiger partial charge < -0.3 is 20.9 Å². The maximum Gasteiger partial charge on any atom is 0.385 e. The van der Waals surface area contributed by atoms with Crippen LogP contribution in [0.15, 0.2) is 24.3 Å². The third-order valence-corrected chi connectivity index (χ3v) is 9.36. The van der Waals surface area contributed by atoms with E-state index in [-0.39, 0.29) is 49.9 Å². The molecule has 4 rings (SSSR count). The van der Waals surface area contributed by atoms with E-state index in [0.717, 1.165) is 14.2 Å². The van der Waals surface area contributed by atoms with Crippen LogP contribution in [0.5, 0.6) is 11.5 Å². The zero-order valence-electron chi connectivity index (χ0n) is 25.7. The Balaban J connectivity index is 1.80. The third-order valence-electron chi connectivity index (χ3n) is 9.36. The molecule has 0 atom stereocenters. The van der Waals surface area contributed by atoms with Crippen molar-refractivity contribution in [3.05, 3.63) is 46.5 Å². The van der Waals surface area contributed by atoms with Crippen LogP contribution in [0.4, 0.5) is 81.6 Å². The molecular formula is C30H28F16N2O2. The molecule has 50 heavy (non-hydrogen) atoms. The Morgan fingerprint density at radius 2 is 0.720 bits per heavy atom. The summed E-state index contributed by atoms with van der Waals surface area (Å²) in [4.78, 5) is 0. The second kappa shape index (κ2) is 12.1. The predicted molar refractivity (Wildman–Crippen MR) is 145 cm³/mol. The molecule has 0 aliphatic heterocycles. The van der Waals surface area contributed by atoms with Crippen molar-refractivity contribution in [2.24, 2.45) is 0 Å². The summed E-state index contributed by atoms with van der Waals surface area (Å²) in [5, 5.41) is 0. The van der Waals surface area contributed by atoms with E-state index in [0.29, 0.717) is 12.8 Å². The van der Waals surface area contributed by atoms with Crippen molar-refractivity contribution >= 4 is 11.4 Å². The van der Waals surface area contributed by atoms with E-state index in [1.165, 1.54) is 0 Å². The first-order valence-corrected chi connectivity index (χ1v) is 14.6. The molecule has 20 heteroatoms. The number of anilines is 2. The number of methoxy groups -OCH3 is 2. The van der Waals surface area contributed by atoms with Crippen LogP contribution < -0.4 is 20.9 Å². The molecule has 0 amide bonds. The zero-order valence-corrected chi connectivity index (χ0v) is 25.7. The fraction of sp³-hybridized carbons (Fsp3) is 0.600. The van der Waals surface area contributed by atoms with Crippen molar-refractivity contribution in [1.29, 1.82) is 0 Å². The summed E-state index contributed by atoms with van der Waals surface area (Å²) in [6.45, 7) is 0. The van der Waals surface area contributed by atoms with Crippen molar-refractivity contribution in [3.63, 3.8) is 0 Å². The van der Waals surface area contributed by atoms with E-state index in [9.17, 15) is 52.7 Å². The molecule has 2 aliphatic carbocycles. The average molecular weight is 753 g/mol. The first-order chi connectivity index (χ1) is 22.6. The van der Waals surface area contributed by atoms with Crippen LogP contribution in [-0.2, 0) is 11.8 Å². The van der Waals surface area contributed by atoms with Gasteiger partial charge in [0, 0.05) is 11.1 Å². The second-order valence-corrected chi connectivity index (χ2v) is 12.2. The number of nitrogen functional groups attached to an aromatic ring is 2. The molecule has 0 unspecified atom stereocenters. The lowest BCUT2D eigenvalue weighted by Crippen LogP contribution is -2.74. The minimum absolute atomic E-state index is 0.0595. The highest BCUT2D eigenvalue weighted by molar-refractivity contribution is 5.63. The Hall–Kier alpha value is -3.48. The van der Waals surface area contributed by atoms with Crippen molar-refractivity contribution in [2.75, 3.05) is 25.7 Å². The first-order valence-electron chi connectivity index (χ1n) is 14.6. The lowest BCUT2D eigenvalue weighted by molar-refractivity contribution is -0.456. The monoisotopic (exact) mass is 752 g/mol. The Morgan fingerprint density at radius 1 is 0.460 bits per heavy atom. The number of hydrogen-bond acceptors (Lipinski definition) is 4. The average Bonchev–Trinajstić information content (AvgIpc) is 2.96. The van der Waals surface area contributed by atoms with Crippen LogP contribution in [0, 0.1) is 0 Å². The summed E-state index contributed by atoms with van der Waals surface area (Å²) < 4.78 is 248. The van der Waals surface area contributed by atoms with E-state index < -0.39 is 104 Å². The zero-order chi connectivity index (χ0) is 38.3. The van der Waals surface area contributed by atoms with E-state index in [1.54, 1.807) is 0 Å². The topological polar surface area (TPSA) is 70.5 Å². The lowest BCUT2D eigenvalue weighted by atomic mass is 9.77. The van der Waals surface area contributed by atoms with Gasteiger partial charge in [0.2, 0.25) is 0 Å². The number of alkyl halides is 16. The molecule has 0 spiro atoms. The van der Waals surface area contributed by atoms with Gasteiger partial charge in [-0.05, 0) is 72.9 Å². The van der Waals surface area contributed by atoms with Gasteiger partial charge in [-0.2, -0.15) is 70.2 Å². The van der Waals surface area contributed by atoms with Crippen LogP contribution in [0.2, 0.25) is 0 Å². The van der Waals surface area contributed by atoms with Gasteiger partial charge in [-0.1, -0.05) is 12.8 Å². The van der Waals surface area contributed by atoms with Gasteiger partial charge in [-0.25, -0.2) is 0 Å². The lowest BCUT2D eigenvalue weighted by Gasteiger charge is -2.44. The summed E-state index contributed by atoms with van der Waals surface area (Å²) in [7, 11) is 1.48. The summed E-state index contributed by atoms with van der Waals surface area (Å²) in [6.07, 6.45) is 1.68. The van der Waals surface area contributed by atoms with Gasteiger partial charge >= 0.3 is 47.4 Å². The summed E-state index contributed by atoms with van der Waals surface area (Å²) in [5.41, 5.74) is 5.07. The minimum Gasteiger partial charge on any atom is -0.495 e. The van der Waals surface area contributed by atoms with Crippen LogP contribution in [0.3, 0.4) is 0 Å². The number of rotatable bonds is 13. The molecule has 2 aromatic carbocycles. The number of nitrogens with two attached hydrogens (primary N) is 2. The number of hydrogen-bond donors (Lipinski definition) is 2. The van der Waals surface area contributed by atoms with Gasteiger partial charge in [0.25, 0.3) is 0 Å². The van der Waals surface area contributed by atoms with Crippen molar-refractivity contribution in [1.82, 2.24) is 0 Å². The Bertz CT molecular complexity index is 1490. The van der Waals surface area contributed by atoms with Gasteiger partial charge in [-0.3, -0.25) is 0 Å². The van der Waals surface area contributed by atoms with E-state index in [4.69, 9.17) is 11.5 Å². The number of ether oxygens (including phenoxy) is 2. The second-order valence-electron chi connectivity index (χ2n) is 12.2. The SMILES string of the molecule is COc1cc(C(F)(F)C(F)(F)C(F)(F)C(F)(F)C(F)(F)C(F)(F)C(F)(F)C(F)(F)c2cc(OC)c(N)c(C3CCC3)c2)cc(C2CCC2)c1N. The van der Waals surface area contributed by atoms with Gasteiger partial charge in [0.15, 0.2) is 0 Å². The number of halogens is 16. The fourth-order valence-corrected chi connectivity index (χ4v) is 5.66. The normalized spacial score (nSPS) is 17.7. The quantitative estimate of drug-likeness (QED) is 0.158. The molecule has 0 radical (unpaired) electrons. The molecule has 0 saturated heterocycles. The van der Waals surface area contributed by atoms with Crippen LogP contribution in [0.25, 0.3) is 0 Å². The molecule has 0 aromatic heterocycles. The third kappa shape index (κ3) is 5.19. The van der Waals surface area contributed by atoms with Crippen LogP contribution in [-0.4, -0.2) is 49.8 Å². The molecule has 2 fully saturated rings. The maximum atomic E-state index is 15.2. The van der Waals surface area contributed by atoms with Gasteiger partial charge in [0.1, 0.15) is 11.5 Å². The Labute approximate surface area is 273 Å². The van der Waals surface area contributed by atoms with Crippen LogP contribution in [0.1, 0.15) is 72.6 Å². The Morgan fingerprint density at radius 3 is 0.940 bits per heavy atom. The molecular weight excluding hydrogens is 724 g/mol. The summed E-state index contributed by atoms with van der Waals surface area (Å²) >= 11 is 0. The minimum atomic E-state index is -8.57. The van der Waals surface area contributed by atoms with Crippen molar-refractivity contribution in [2.45, 2.75) is 97.7 Å². The highest BCUT2D eigenvalue weighted by Gasteiger charge is 2.95. The van der Waals surface area contributed by atoms with E-state index >= 15 is 17.6 Å². The molecule has 2 aromatic rings. The maximum absolute atomic E-state index is 15.2. The standard InChI is InChI=1S/C30H28F16N2O2/c1-49-19-11-15(9-17(21(19)47)13-5-3-6-13)23(31,32)25(35,36)27(39,40)29(43,44)30(45,46)28(41,42)26(37,38)24(33,34)16-10-18(14-7-4-8-14)22(48)20(12-16)50-2/h9-14H,3-8,47-48H2,1-2H3. The highest BCUT2D eigenvalue weighted by Crippen LogP contribution is 2.66. The van der Waals surface area contributed by atoms with E-state index in [1.807, 2.05) is 0 Å². The molecule has 0 heterocycles. The highest BCUT2D eigenvalue weighted by atomic mass is 19.4. The van der Waals surface area contributed by atoms with E-state index in [2.05, 4.69) is 9.47 Å². The fourth-order valence-electron chi connectivity index (χ4n) is 5.66. The molecule has 2 saturated carbocycles. The van der Waals surface area contributed by atoms with Crippen molar-refractivity contribution < 1.29 is 79.7 Å². The van der Waals surface area contributed by atoms with Crippen LogP contribution >= 0.6 is 0 Å². The largest absolute Gasteiger partial charge is 0.495 e. The molecule has 4 N–H and O–H groups in total. The summed E-state index contributed by atoms with van der Waals surface area (Å²) in [6, 6.07) is -0.159. The smallest absolute Gasteiger partial charge is 0.385 e. The molecule has 2 aliphatic rings. The summed E-state index contributed by atoms with van der Waals surface area (Å²) in [5.74, 6) is -66.0. The predicted octanol–water partition coefficient (Wildman–Crippen LogP) is 10.1. The molecule has 282 valence electrons. The van der Waals surface area contributed by atoms with Gasteiger partial charge in [-0.15, -0.1) is 0 Å². The van der Waals surface area contributed by atoms with Crippen molar-refractivity contribution in [3.8, 4) is 11.5 Å². The first kappa shape index (κ1) is 39.3.